The maximum Gasteiger partial charge on any atom is 0.303 e. The van der Waals surface area contributed by atoms with Gasteiger partial charge in [-0.25, -0.2) is 0 Å². The fourth-order valence-electron chi connectivity index (χ4n) is 1.73. The highest BCUT2D eigenvalue weighted by Crippen LogP contribution is 2.36. The Morgan fingerprint density at radius 3 is 2.64 bits per heavy atom. The summed E-state index contributed by atoms with van der Waals surface area (Å²) in [4.78, 5) is 21.9. The van der Waals surface area contributed by atoms with Gasteiger partial charge < -0.3 is 19.9 Å². The van der Waals surface area contributed by atoms with Crippen LogP contribution in [0.4, 0.5) is 0 Å². The number of aliphatic carboxylic acids is 1. The second-order valence-electron chi connectivity index (χ2n) is 4.63. The zero-order chi connectivity index (χ0) is 16.5. The number of nitrogens with one attached hydrogen (secondary N) is 1. The van der Waals surface area contributed by atoms with Crippen molar-refractivity contribution in [1.82, 2.24) is 5.32 Å². The third-order valence-electron chi connectivity index (χ3n) is 2.80. The maximum atomic E-state index is 11.5. The normalized spacial score (nSPS) is 10.1. The number of ether oxygens (including phenoxy) is 2. The summed E-state index contributed by atoms with van der Waals surface area (Å²) < 4.78 is 11.7. The van der Waals surface area contributed by atoms with E-state index in [1.165, 1.54) is 0 Å². The summed E-state index contributed by atoms with van der Waals surface area (Å²) in [6.45, 7) is 2.89. The molecule has 0 spiro atoms. The van der Waals surface area contributed by atoms with Gasteiger partial charge in [-0.1, -0.05) is 6.92 Å². The molecule has 7 heteroatoms. The molecule has 0 aromatic heterocycles. The molecule has 0 heterocycles. The van der Waals surface area contributed by atoms with E-state index in [1.54, 1.807) is 13.2 Å². The quantitative estimate of drug-likeness (QED) is 0.694. The zero-order valence-electron chi connectivity index (χ0n) is 12.6. The molecule has 0 saturated heterocycles. The second kappa shape index (κ2) is 9.30. The van der Waals surface area contributed by atoms with Crippen LogP contribution in [0.25, 0.3) is 0 Å². The minimum absolute atomic E-state index is 0.0364. The average molecular weight is 374 g/mol. The van der Waals surface area contributed by atoms with Gasteiger partial charge in [-0.3, -0.25) is 9.59 Å². The van der Waals surface area contributed by atoms with Gasteiger partial charge >= 0.3 is 5.97 Å². The van der Waals surface area contributed by atoms with Crippen LogP contribution in [0.2, 0.25) is 0 Å². The summed E-state index contributed by atoms with van der Waals surface area (Å²) in [6, 6.07) is 3.62. The maximum absolute atomic E-state index is 11.5. The second-order valence-corrected chi connectivity index (χ2v) is 5.48. The molecule has 1 aromatic carbocycles. The molecule has 1 amide bonds. The highest BCUT2D eigenvalue weighted by atomic mass is 79.9. The van der Waals surface area contributed by atoms with Crippen LogP contribution >= 0.6 is 15.9 Å². The van der Waals surface area contributed by atoms with Crippen LogP contribution in [0.3, 0.4) is 0 Å². The van der Waals surface area contributed by atoms with Gasteiger partial charge in [0.15, 0.2) is 11.5 Å². The fourth-order valence-corrected chi connectivity index (χ4v) is 2.33. The molecule has 0 radical (unpaired) electrons. The van der Waals surface area contributed by atoms with Crippen molar-refractivity contribution in [3.8, 4) is 11.5 Å². The number of hydrogen-bond donors (Lipinski definition) is 2. The molecule has 0 aliphatic rings. The number of carboxylic acids is 1. The van der Waals surface area contributed by atoms with Crippen LogP contribution in [-0.2, 0) is 16.1 Å². The van der Waals surface area contributed by atoms with E-state index < -0.39 is 5.97 Å². The molecule has 6 nitrogen and oxygen atoms in total. The van der Waals surface area contributed by atoms with Gasteiger partial charge in [0, 0.05) is 13.0 Å². The van der Waals surface area contributed by atoms with E-state index in [-0.39, 0.29) is 18.7 Å². The summed E-state index contributed by atoms with van der Waals surface area (Å²) in [7, 11) is 1.55. The van der Waals surface area contributed by atoms with Crippen LogP contribution in [0.15, 0.2) is 16.6 Å². The monoisotopic (exact) mass is 373 g/mol. The van der Waals surface area contributed by atoms with E-state index in [0.29, 0.717) is 24.7 Å². The molecule has 22 heavy (non-hydrogen) atoms. The number of carboxylic acid groups (broad SMARTS) is 1. The first kappa shape index (κ1) is 18.3. The third-order valence-corrected chi connectivity index (χ3v) is 3.38. The van der Waals surface area contributed by atoms with Crippen molar-refractivity contribution in [3.63, 3.8) is 0 Å². The van der Waals surface area contributed by atoms with Crippen LogP contribution in [0.1, 0.15) is 31.7 Å². The van der Waals surface area contributed by atoms with Gasteiger partial charge in [0.05, 0.1) is 24.6 Å². The first-order valence-corrected chi connectivity index (χ1v) is 7.75. The molecule has 0 atom stereocenters. The summed E-state index contributed by atoms with van der Waals surface area (Å²) in [5.74, 6) is -0.0799. The van der Waals surface area contributed by atoms with Gasteiger partial charge in [-0.05, 0) is 40.0 Å². The van der Waals surface area contributed by atoms with E-state index in [4.69, 9.17) is 14.6 Å². The average Bonchev–Trinajstić information content (AvgIpc) is 2.49. The lowest BCUT2D eigenvalue weighted by Crippen LogP contribution is -2.23. The van der Waals surface area contributed by atoms with Crippen LogP contribution in [0, 0.1) is 0 Å². The van der Waals surface area contributed by atoms with Gasteiger partial charge in [0.2, 0.25) is 5.91 Å². The largest absolute Gasteiger partial charge is 0.493 e. The Balaban J connectivity index is 2.70. The number of rotatable bonds is 9. The lowest BCUT2D eigenvalue weighted by atomic mass is 10.2. The van der Waals surface area contributed by atoms with E-state index in [1.807, 2.05) is 13.0 Å². The Morgan fingerprint density at radius 1 is 1.32 bits per heavy atom. The lowest BCUT2D eigenvalue weighted by Gasteiger charge is -2.14. The molecular formula is C15H20BrNO5. The Morgan fingerprint density at radius 2 is 2.05 bits per heavy atom. The molecule has 0 aliphatic carbocycles. The Labute approximate surface area is 137 Å². The highest BCUT2D eigenvalue weighted by Gasteiger charge is 2.12. The summed E-state index contributed by atoms with van der Waals surface area (Å²) in [6.07, 6.45) is 0.672. The van der Waals surface area contributed by atoms with Gasteiger partial charge in [0.25, 0.3) is 0 Å². The van der Waals surface area contributed by atoms with Crippen molar-refractivity contribution in [3.05, 3.63) is 22.2 Å². The molecule has 122 valence electrons. The number of amides is 1. The zero-order valence-corrected chi connectivity index (χ0v) is 14.2. The van der Waals surface area contributed by atoms with Gasteiger partial charge in [-0.15, -0.1) is 0 Å². The number of carbonyl (C=O) groups excluding carboxylic acids is 1. The lowest BCUT2D eigenvalue weighted by molar-refractivity contribution is -0.138. The molecule has 0 saturated carbocycles. The fraction of sp³-hybridized carbons (Fsp3) is 0.467. The molecule has 0 unspecified atom stereocenters. The Bertz CT molecular complexity index is 533. The molecule has 2 N–H and O–H groups in total. The molecule has 0 bridgehead atoms. The van der Waals surface area contributed by atoms with Crippen LogP contribution in [0.5, 0.6) is 11.5 Å². The molecule has 0 aliphatic heterocycles. The van der Waals surface area contributed by atoms with Crippen molar-refractivity contribution >= 4 is 27.8 Å². The number of benzene rings is 1. The molecular weight excluding hydrogens is 354 g/mol. The van der Waals surface area contributed by atoms with E-state index >= 15 is 0 Å². The van der Waals surface area contributed by atoms with E-state index in [0.717, 1.165) is 16.5 Å². The number of methoxy groups -OCH3 is 1. The molecule has 0 fully saturated rings. The summed E-state index contributed by atoms with van der Waals surface area (Å²) in [5.41, 5.74) is 0.830. The van der Waals surface area contributed by atoms with Crippen LogP contribution in [-0.4, -0.2) is 30.7 Å². The topological polar surface area (TPSA) is 84.9 Å². The summed E-state index contributed by atoms with van der Waals surface area (Å²) in [5, 5.41) is 11.2. The van der Waals surface area contributed by atoms with E-state index in [2.05, 4.69) is 21.2 Å². The Hall–Kier alpha value is -1.76. The minimum atomic E-state index is -0.989. The molecule has 1 aromatic rings. The smallest absolute Gasteiger partial charge is 0.303 e. The van der Waals surface area contributed by atoms with Crippen LogP contribution < -0.4 is 14.8 Å². The highest BCUT2D eigenvalue weighted by molar-refractivity contribution is 9.10. The predicted molar refractivity (Wildman–Crippen MR) is 85.2 cm³/mol. The first-order chi connectivity index (χ1) is 10.5. The van der Waals surface area contributed by atoms with E-state index in [9.17, 15) is 9.59 Å². The number of hydrogen-bond acceptors (Lipinski definition) is 4. The minimum Gasteiger partial charge on any atom is -0.493 e. The SMILES string of the molecule is CCCOc1c(Br)cc(CNC(=O)CCC(=O)O)cc1OC. The van der Waals surface area contributed by atoms with Gasteiger partial charge in [-0.2, -0.15) is 0 Å². The standard InChI is InChI=1S/C15H20BrNO5/c1-3-6-22-15-11(16)7-10(8-12(15)21-2)9-17-13(18)4-5-14(19)20/h7-8H,3-6,9H2,1-2H3,(H,17,18)(H,19,20). The van der Waals surface area contributed by atoms with Gasteiger partial charge in [0.1, 0.15) is 0 Å². The third kappa shape index (κ3) is 5.93. The van der Waals surface area contributed by atoms with Crippen molar-refractivity contribution in [2.45, 2.75) is 32.7 Å². The number of carbonyl (C=O) groups is 2. The summed E-state index contributed by atoms with van der Waals surface area (Å²) >= 11 is 3.43. The van der Waals surface area contributed by atoms with Crippen molar-refractivity contribution in [1.29, 1.82) is 0 Å². The van der Waals surface area contributed by atoms with Crippen molar-refractivity contribution in [2.75, 3.05) is 13.7 Å². The predicted octanol–water partition coefficient (Wildman–Crippen LogP) is 2.73. The molecule has 1 rings (SSSR count). The van der Waals surface area contributed by atoms with Crippen molar-refractivity contribution < 1.29 is 24.2 Å². The Kier molecular flexibility index (Phi) is 7.73. The first-order valence-electron chi connectivity index (χ1n) is 6.95. The van der Waals surface area contributed by atoms with Crippen molar-refractivity contribution in [2.24, 2.45) is 0 Å². The number of halogens is 1.